The van der Waals surface area contributed by atoms with Gasteiger partial charge in [0.05, 0.1) is 17.0 Å². The number of thiophene rings is 1. The molecule has 0 amide bonds. The molecule has 0 bridgehead atoms. The number of anilines is 1. The number of carbonyl (C=O) groups excluding carboxylic acids is 1. The molecular formula is C12H9Cl2NO4S2. The van der Waals surface area contributed by atoms with Crippen molar-refractivity contribution in [2.75, 3.05) is 11.8 Å². The van der Waals surface area contributed by atoms with E-state index in [9.17, 15) is 13.2 Å². The molecule has 0 atom stereocenters. The van der Waals surface area contributed by atoms with Gasteiger partial charge in [-0.3, -0.25) is 4.72 Å². The summed E-state index contributed by atoms with van der Waals surface area (Å²) in [6, 6.07) is 7.08. The smallest absolute Gasteiger partial charge is 0.337 e. The van der Waals surface area contributed by atoms with Crippen LogP contribution in [0, 0.1) is 0 Å². The molecule has 2 aromatic rings. The van der Waals surface area contributed by atoms with Crippen LogP contribution in [0.1, 0.15) is 10.4 Å². The first-order valence-corrected chi connectivity index (χ1v) is 8.55. The highest BCUT2D eigenvalue weighted by atomic mass is 35.5. The van der Waals surface area contributed by atoms with Crippen LogP contribution in [0.3, 0.4) is 0 Å². The van der Waals surface area contributed by atoms with Crippen LogP contribution in [-0.2, 0) is 14.8 Å². The first-order valence-electron chi connectivity index (χ1n) is 5.49. The monoisotopic (exact) mass is 365 g/mol. The highest BCUT2D eigenvalue weighted by molar-refractivity contribution is 7.93. The molecule has 1 heterocycles. The zero-order chi connectivity index (χ0) is 15.6. The van der Waals surface area contributed by atoms with Crippen molar-refractivity contribution < 1.29 is 17.9 Å². The summed E-state index contributed by atoms with van der Waals surface area (Å²) in [5.41, 5.74) is 0.609. The summed E-state index contributed by atoms with van der Waals surface area (Å²) in [4.78, 5) is 11.2. The van der Waals surface area contributed by atoms with Gasteiger partial charge in [0.1, 0.15) is 9.23 Å². The number of nitrogens with one attached hydrogen (secondary N) is 1. The molecule has 5 nitrogen and oxygen atoms in total. The highest BCUT2D eigenvalue weighted by Crippen LogP contribution is 2.35. The standard InChI is InChI=1S/C12H9Cl2NO4S2/c1-19-12(16)7-2-4-8(5-3-7)15-21(17,18)9-6-10(13)20-11(9)14/h2-6,15H,1H3. The van der Waals surface area contributed by atoms with E-state index in [0.29, 0.717) is 11.3 Å². The predicted molar refractivity (Wildman–Crippen MR) is 82.9 cm³/mol. The molecule has 1 aromatic carbocycles. The van der Waals surface area contributed by atoms with E-state index in [2.05, 4.69) is 9.46 Å². The second kappa shape index (κ2) is 6.23. The summed E-state index contributed by atoms with van der Waals surface area (Å²) >= 11 is 12.5. The molecule has 0 aliphatic rings. The minimum absolute atomic E-state index is 0.0821. The van der Waals surface area contributed by atoms with Gasteiger partial charge in [-0.1, -0.05) is 23.2 Å². The Hall–Kier alpha value is -1.28. The van der Waals surface area contributed by atoms with E-state index in [1.807, 2.05) is 0 Å². The molecule has 2 rings (SSSR count). The van der Waals surface area contributed by atoms with E-state index in [0.717, 1.165) is 11.3 Å². The molecule has 0 saturated heterocycles. The van der Waals surface area contributed by atoms with E-state index >= 15 is 0 Å². The van der Waals surface area contributed by atoms with Crippen LogP contribution in [0.4, 0.5) is 5.69 Å². The zero-order valence-corrected chi connectivity index (χ0v) is 13.7. The summed E-state index contributed by atoms with van der Waals surface area (Å²) in [6.07, 6.45) is 0. The minimum atomic E-state index is -3.83. The van der Waals surface area contributed by atoms with Crippen molar-refractivity contribution in [1.82, 2.24) is 0 Å². The van der Waals surface area contributed by atoms with E-state index in [1.54, 1.807) is 0 Å². The van der Waals surface area contributed by atoms with Gasteiger partial charge in [0.2, 0.25) is 0 Å². The largest absolute Gasteiger partial charge is 0.465 e. The number of carbonyl (C=O) groups is 1. The third kappa shape index (κ3) is 3.68. The minimum Gasteiger partial charge on any atom is -0.465 e. The summed E-state index contributed by atoms with van der Waals surface area (Å²) in [5, 5.41) is 0. The Balaban J connectivity index is 2.25. The second-order valence-corrected chi connectivity index (χ2v) is 7.80. The Labute approximate surface area is 135 Å². The number of rotatable bonds is 4. The lowest BCUT2D eigenvalue weighted by Gasteiger charge is -2.07. The van der Waals surface area contributed by atoms with Crippen LogP contribution >= 0.6 is 34.5 Å². The fourth-order valence-electron chi connectivity index (χ4n) is 1.51. The van der Waals surface area contributed by atoms with Crippen LogP contribution in [-0.4, -0.2) is 21.5 Å². The molecule has 0 radical (unpaired) electrons. The summed E-state index contributed by atoms with van der Waals surface area (Å²) in [6.45, 7) is 0. The fourth-order valence-corrected chi connectivity index (χ4v) is 4.72. The number of hydrogen-bond acceptors (Lipinski definition) is 5. The molecule has 0 aliphatic carbocycles. The fraction of sp³-hybridized carbons (Fsp3) is 0.0833. The van der Waals surface area contributed by atoms with Gasteiger partial charge in [-0.05, 0) is 30.3 Å². The molecule has 1 aromatic heterocycles. The Morgan fingerprint density at radius 2 is 1.86 bits per heavy atom. The highest BCUT2D eigenvalue weighted by Gasteiger charge is 2.21. The van der Waals surface area contributed by atoms with Gasteiger partial charge in [-0.15, -0.1) is 11.3 Å². The number of ether oxygens (including phenoxy) is 1. The van der Waals surface area contributed by atoms with Crippen LogP contribution in [0.2, 0.25) is 8.67 Å². The van der Waals surface area contributed by atoms with E-state index < -0.39 is 16.0 Å². The van der Waals surface area contributed by atoms with E-state index in [1.165, 1.54) is 37.4 Å². The van der Waals surface area contributed by atoms with Crippen molar-refractivity contribution in [1.29, 1.82) is 0 Å². The topological polar surface area (TPSA) is 72.5 Å². The van der Waals surface area contributed by atoms with Gasteiger partial charge in [0, 0.05) is 5.69 Å². The number of benzene rings is 1. The number of halogens is 2. The lowest BCUT2D eigenvalue weighted by molar-refractivity contribution is 0.0601. The van der Waals surface area contributed by atoms with Gasteiger partial charge >= 0.3 is 5.97 Å². The van der Waals surface area contributed by atoms with Gasteiger partial charge in [-0.25, -0.2) is 13.2 Å². The normalized spacial score (nSPS) is 11.2. The molecule has 9 heteroatoms. The Bertz CT molecular complexity index is 769. The Morgan fingerprint density at radius 3 is 2.33 bits per heavy atom. The van der Waals surface area contributed by atoms with Crippen molar-refractivity contribution in [3.8, 4) is 0 Å². The van der Waals surface area contributed by atoms with Crippen molar-refractivity contribution in [2.24, 2.45) is 0 Å². The number of sulfonamides is 1. The van der Waals surface area contributed by atoms with Gasteiger partial charge in [0.15, 0.2) is 0 Å². The third-order valence-corrected chi connectivity index (χ3v) is 5.61. The molecule has 112 valence electrons. The predicted octanol–water partition coefficient (Wildman–Crippen LogP) is 3.64. The molecular weight excluding hydrogens is 357 g/mol. The molecule has 0 saturated carbocycles. The number of hydrogen-bond donors (Lipinski definition) is 1. The SMILES string of the molecule is COC(=O)c1ccc(NS(=O)(=O)c2cc(Cl)sc2Cl)cc1. The maximum atomic E-state index is 12.2. The van der Waals surface area contributed by atoms with Gasteiger partial charge in [0.25, 0.3) is 10.0 Å². The average Bonchev–Trinajstić information content (AvgIpc) is 2.78. The van der Waals surface area contributed by atoms with Crippen LogP contribution in [0.15, 0.2) is 35.2 Å². The van der Waals surface area contributed by atoms with Crippen molar-refractivity contribution in [3.63, 3.8) is 0 Å². The lowest BCUT2D eigenvalue weighted by atomic mass is 10.2. The molecule has 0 unspecified atom stereocenters. The lowest BCUT2D eigenvalue weighted by Crippen LogP contribution is -2.12. The average molecular weight is 366 g/mol. The maximum absolute atomic E-state index is 12.2. The van der Waals surface area contributed by atoms with E-state index in [-0.39, 0.29) is 13.6 Å². The maximum Gasteiger partial charge on any atom is 0.337 e. The summed E-state index contributed by atoms with van der Waals surface area (Å²) < 4.78 is 31.6. The molecule has 0 aliphatic heterocycles. The van der Waals surface area contributed by atoms with Crippen LogP contribution < -0.4 is 4.72 Å². The second-order valence-electron chi connectivity index (χ2n) is 3.86. The summed E-state index contributed by atoms with van der Waals surface area (Å²) in [7, 11) is -2.57. The first-order chi connectivity index (χ1) is 9.83. The third-order valence-electron chi connectivity index (χ3n) is 2.47. The van der Waals surface area contributed by atoms with Crippen molar-refractivity contribution in [2.45, 2.75) is 4.90 Å². The number of methoxy groups -OCH3 is 1. The van der Waals surface area contributed by atoms with E-state index in [4.69, 9.17) is 23.2 Å². The van der Waals surface area contributed by atoms with Crippen molar-refractivity contribution in [3.05, 3.63) is 44.6 Å². The Kier molecular flexibility index (Phi) is 4.77. The Morgan fingerprint density at radius 1 is 1.24 bits per heavy atom. The number of esters is 1. The quantitative estimate of drug-likeness (QED) is 0.839. The van der Waals surface area contributed by atoms with Gasteiger partial charge in [-0.2, -0.15) is 0 Å². The first kappa shape index (κ1) is 16.1. The molecule has 0 fully saturated rings. The van der Waals surface area contributed by atoms with Gasteiger partial charge < -0.3 is 4.74 Å². The molecule has 21 heavy (non-hydrogen) atoms. The zero-order valence-electron chi connectivity index (χ0n) is 10.6. The molecule has 0 spiro atoms. The molecule has 1 N–H and O–H groups in total. The van der Waals surface area contributed by atoms with Crippen molar-refractivity contribution >= 4 is 56.2 Å². The van der Waals surface area contributed by atoms with Crippen LogP contribution in [0.5, 0.6) is 0 Å². The summed E-state index contributed by atoms with van der Waals surface area (Å²) in [5.74, 6) is -0.503. The van der Waals surface area contributed by atoms with Crippen LogP contribution in [0.25, 0.3) is 0 Å².